The van der Waals surface area contributed by atoms with Gasteiger partial charge in [0.15, 0.2) is 0 Å². The summed E-state index contributed by atoms with van der Waals surface area (Å²) < 4.78 is 1.56. The lowest BCUT2D eigenvalue weighted by molar-refractivity contribution is 0.744. The highest BCUT2D eigenvalue weighted by Crippen LogP contribution is 2.41. The Hall–Kier alpha value is -1.01. The van der Waals surface area contributed by atoms with Crippen molar-refractivity contribution < 1.29 is 0 Å². The molecule has 1 fully saturated rings. The van der Waals surface area contributed by atoms with E-state index in [9.17, 15) is 0 Å². The summed E-state index contributed by atoms with van der Waals surface area (Å²) in [5.74, 6) is 0.485. The Labute approximate surface area is 75.6 Å². The number of rotatable bonds is 1. The molecule has 0 radical (unpaired) electrons. The minimum Gasteiger partial charge on any atom is -0.255 e. The summed E-state index contributed by atoms with van der Waals surface area (Å²) in [5, 5.41) is 13.5. The summed E-state index contributed by atoms with van der Waals surface area (Å²) in [4.78, 5) is 0. The van der Waals surface area contributed by atoms with Crippen molar-refractivity contribution in [1.29, 1.82) is 5.26 Å². The Kier molecular flexibility index (Phi) is 1.59. The van der Waals surface area contributed by atoms with Gasteiger partial charge in [-0.3, -0.25) is 4.68 Å². The van der Waals surface area contributed by atoms with Crippen molar-refractivity contribution in [2.24, 2.45) is 7.05 Å². The van der Waals surface area contributed by atoms with Crippen LogP contribution in [0.5, 0.6) is 0 Å². The fraction of sp³-hybridized carbons (Fsp3) is 0.500. The van der Waals surface area contributed by atoms with Crippen molar-refractivity contribution >= 4 is 11.6 Å². The topological polar surface area (TPSA) is 41.6 Å². The van der Waals surface area contributed by atoms with Crippen molar-refractivity contribution in [3.8, 4) is 6.07 Å². The maximum atomic E-state index is 8.80. The lowest BCUT2D eigenvalue weighted by Gasteiger charge is -1.87. The first-order valence-corrected chi connectivity index (χ1v) is 4.24. The van der Waals surface area contributed by atoms with Gasteiger partial charge in [-0.05, 0) is 12.8 Å². The zero-order valence-electron chi connectivity index (χ0n) is 6.71. The Bertz CT molecular complexity index is 357. The van der Waals surface area contributed by atoms with E-state index in [2.05, 4.69) is 11.2 Å². The minimum absolute atomic E-state index is 0.458. The van der Waals surface area contributed by atoms with E-state index in [0.717, 1.165) is 18.5 Å². The molecule has 0 saturated heterocycles. The fourth-order valence-electron chi connectivity index (χ4n) is 1.27. The van der Waals surface area contributed by atoms with E-state index in [0.29, 0.717) is 16.6 Å². The largest absolute Gasteiger partial charge is 0.255 e. The van der Waals surface area contributed by atoms with E-state index >= 15 is 0 Å². The van der Waals surface area contributed by atoms with Crippen LogP contribution in [0.2, 0.25) is 5.15 Å². The number of hydrogen-bond acceptors (Lipinski definition) is 2. The lowest BCUT2D eigenvalue weighted by Crippen LogP contribution is -1.90. The predicted molar refractivity (Wildman–Crippen MR) is 44.9 cm³/mol. The fourth-order valence-corrected chi connectivity index (χ4v) is 1.45. The van der Waals surface area contributed by atoms with Crippen molar-refractivity contribution in [3.05, 3.63) is 16.4 Å². The Morgan fingerprint density at radius 3 is 2.83 bits per heavy atom. The first-order chi connectivity index (χ1) is 5.74. The van der Waals surface area contributed by atoms with Gasteiger partial charge in [-0.1, -0.05) is 11.6 Å². The average molecular weight is 182 g/mol. The van der Waals surface area contributed by atoms with Gasteiger partial charge in [0.2, 0.25) is 0 Å². The van der Waals surface area contributed by atoms with E-state index in [4.69, 9.17) is 16.9 Å². The van der Waals surface area contributed by atoms with Gasteiger partial charge < -0.3 is 0 Å². The highest BCUT2D eigenvalue weighted by Gasteiger charge is 2.30. The SMILES string of the molecule is Cn1nc(C2CC2)c(C#N)c1Cl. The molecule has 12 heavy (non-hydrogen) atoms. The summed E-state index contributed by atoms with van der Waals surface area (Å²) in [6, 6.07) is 2.09. The molecule has 0 N–H and O–H groups in total. The summed E-state index contributed by atoms with van der Waals surface area (Å²) in [6.07, 6.45) is 2.28. The van der Waals surface area contributed by atoms with Gasteiger partial charge in [0.1, 0.15) is 16.8 Å². The third kappa shape index (κ3) is 0.997. The van der Waals surface area contributed by atoms with Crippen LogP contribution in [0.15, 0.2) is 0 Å². The molecule has 2 rings (SSSR count). The number of halogens is 1. The molecule has 0 spiro atoms. The molecule has 1 aliphatic rings. The van der Waals surface area contributed by atoms with E-state index < -0.39 is 0 Å². The van der Waals surface area contributed by atoms with Gasteiger partial charge in [0, 0.05) is 13.0 Å². The maximum absolute atomic E-state index is 8.80. The smallest absolute Gasteiger partial charge is 0.144 e. The Morgan fingerprint density at radius 2 is 2.33 bits per heavy atom. The second-order valence-corrected chi connectivity index (χ2v) is 3.42. The molecule has 0 atom stereocenters. The predicted octanol–water partition coefficient (Wildman–Crippen LogP) is 1.82. The van der Waals surface area contributed by atoms with Gasteiger partial charge in [-0.2, -0.15) is 10.4 Å². The summed E-state index contributed by atoms with van der Waals surface area (Å²) in [5.41, 5.74) is 1.44. The van der Waals surface area contributed by atoms with Crippen LogP contribution in [-0.2, 0) is 7.05 Å². The Balaban J connectivity index is 2.54. The maximum Gasteiger partial charge on any atom is 0.144 e. The molecule has 1 saturated carbocycles. The second-order valence-electron chi connectivity index (χ2n) is 3.06. The minimum atomic E-state index is 0.458. The number of aromatic nitrogens is 2. The monoisotopic (exact) mass is 181 g/mol. The zero-order chi connectivity index (χ0) is 8.72. The van der Waals surface area contributed by atoms with Crippen molar-refractivity contribution in [3.63, 3.8) is 0 Å². The van der Waals surface area contributed by atoms with E-state index in [1.165, 1.54) is 0 Å². The third-order valence-electron chi connectivity index (χ3n) is 2.08. The van der Waals surface area contributed by atoms with Crippen LogP contribution >= 0.6 is 11.6 Å². The molecule has 0 unspecified atom stereocenters. The third-order valence-corrected chi connectivity index (χ3v) is 2.51. The number of nitriles is 1. The van der Waals surface area contributed by atoms with E-state index in [1.807, 2.05) is 0 Å². The van der Waals surface area contributed by atoms with Gasteiger partial charge >= 0.3 is 0 Å². The molecule has 3 nitrogen and oxygen atoms in total. The molecule has 0 bridgehead atoms. The van der Waals surface area contributed by atoms with Gasteiger partial charge in [-0.15, -0.1) is 0 Å². The summed E-state index contributed by atoms with van der Waals surface area (Å²) in [7, 11) is 1.76. The first-order valence-electron chi connectivity index (χ1n) is 3.86. The van der Waals surface area contributed by atoms with Crippen LogP contribution in [-0.4, -0.2) is 9.78 Å². The molecular formula is C8H8ClN3. The molecule has 0 aliphatic heterocycles. The van der Waals surface area contributed by atoms with Crippen LogP contribution in [0.4, 0.5) is 0 Å². The van der Waals surface area contributed by atoms with E-state index in [-0.39, 0.29) is 0 Å². The second kappa shape index (κ2) is 2.49. The first kappa shape index (κ1) is 7.63. The standard InChI is InChI=1S/C8H8ClN3/c1-12-8(9)6(4-10)7(11-12)5-2-3-5/h5H,2-3H2,1H3. The molecular weight excluding hydrogens is 174 g/mol. The molecule has 1 heterocycles. The normalized spacial score (nSPS) is 16.1. The summed E-state index contributed by atoms with van der Waals surface area (Å²) in [6.45, 7) is 0. The number of hydrogen-bond donors (Lipinski definition) is 0. The van der Waals surface area contributed by atoms with Crippen molar-refractivity contribution in [2.75, 3.05) is 0 Å². The van der Waals surface area contributed by atoms with Crippen LogP contribution in [0.1, 0.15) is 30.0 Å². The highest BCUT2D eigenvalue weighted by atomic mass is 35.5. The van der Waals surface area contributed by atoms with Crippen LogP contribution in [0.25, 0.3) is 0 Å². The van der Waals surface area contributed by atoms with Gasteiger partial charge in [0.05, 0.1) is 5.69 Å². The van der Waals surface area contributed by atoms with Gasteiger partial charge in [0.25, 0.3) is 0 Å². The van der Waals surface area contributed by atoms with Crippen LogP contribution in [0, 0.1) is 11.3 Å². The molecule has 1 aliphatic carbocycles. The van der Waals surface area contributed by atoms with Crippen LogP contribution in [0.3, 0.4) is 0 Å². The molecule has 0 aromatic carbocycles. The molecule has 1 aromatic heterocycles. The lowest BCUT2D eigenvalue weighted by atomic mass is 10.2. The van der Waals surface area contributed by atoms with Crippen molar-refractivity contribution in [2.45, 2.75) is 18.8 Å². The molecule has 62 valence electrons. The molecule has 0 amide bonds. The summed E-state index contributed by atoms with van der Waals surface area (Å²) >= 11 is 5.86. The molecule has 4 heteroatoms. The average Bonchev–Trinajstić information content (AvgIpc) is 2.82. The quantitative estimate of drug-likeness (QED) is 0.663. The number of nitrogens with zero attached hydrogens (tertiary/aromatic N) is 3. The van der Waals surface area contributed by atoms with Crippen molar-refractivity contribution in [1.82, 2.24) is 9.78 Å². The Morgan fingerprint density at radius 1 is 1.67 bits per heavy atom. The van der Waals surface area contributed by atoms with E-state index in [1.54, 1.807) is 11.7 Å². The highest BCUT2D eigenvalue weighted by molar-refractivity contribution is 6.30. The molecule has 1 aromatic rings. The number of aryl methyl sites for hydroxylation is 1. The van der Waals surface area contributed by atoms with Gasteiger partial charge in [-0.25, -0.2) is 0 Å². The van der Waals surface area contributed by atoms with Crippen LogP contribution < -0.4 is 0 Å². The zero-order valence-corrected chi connectivity index (χ0v) is 7.47.